The van der Waals surface area contributed by atoms with Gasteiger partial charge >= 0.3 is 6.01 Å². The molecule has 4 unspecified atom stereocenters. The highest BCUT2D eigenvalue weighted by Gasteiger charge is 2.50. The molecule has 1 amide bonds. The summed E-state index contributed by atoms with van der Waals surface area (Å²) in [5.41, 5.74) is 0.970. The molecule has 3 aromatic rings. The van der Waals surface area contributed by atoms with Crippen LogP contribution in [-0.2, 0) is 14.3 Å². The Hall–Kier alpha value is -3.31. The summed E-state index contributed by atoms with van der Waals surface area (Å²) in [6.45, 7) is 0.796. The van der Waals surface area contributed by atoms with Crippen LogP contribution in [-0.4, -0.2) is 67.1 Å². The van der Waals surface area contributed by atoms with Crippen LogP contribution in [0, 0.1) is 5.92 Å². The summed E-state index contributed by atoms with van der Waals surface area (Å²) in [6, 6.07) is 7.43. The number of carbonyl (C=O) groups excluding carboxylic acids is 1. The van der Waals surface area contributed by atoms with Gasteiger partial charge in [-0.15, -0.1) is 0 Å². The molecule has 11 nitrogen and oxygen atoms in total. The Balaban J connectivity index is 1.11. The first kappa shape index (κ1) is 21.2. The summed E-state index contributed by atoms with van der Waals surface area (Å²) in [7, 11) is 0. The molecule has 0 radical (unpaired) electrons. The molecule has 0 bridgehead atoms. The standard InChI is InChI=1S/C23H27N7O4/c31-22(15-4-2-1-3-5-15)25-18-12-32-21-19(13-33-20(18)21)30-23(26-27-28-30)34-17-8-6-16(7-9-17)29-11-10-24-14-29/h6-11,14-15,18-21H,1-5,12-13H2,(H,25,31). The van der Waals surface area contributed by atoms with E-state index >= 15 is 0 Å². The third-order valence-corrected chi connectivity index (χ3v) is 6.96. The van der Waals surface area contributed by atoms with E-state index in [1.54, 1.807) is 17.2 Å². The average molecular weight is 466 g/mol. The van der Waals surface area contributed by atoms with Crippen LogP contribution in [0.15, 0.2) is 43.0 Å². The smallest absolute Gasteiger partial charge is 0.341 e. The maximum absolute atomic E-state index is 12.7. The molecule has 3 aliphatic rings. The summed E-state index contributed by atoms with van der Waals surface area (Å²) < 4.78 is 21.6. The van der Waals surface area contributed by atoms with Crippen LogP contribution in [0.5, 0.6) is 11.8 Å². The zero-order chi connectivity index (χ0) is 22.9. The van der Waals surface area contributed by atoms with Gasteiger partial charge in [-0.25, -0.2) is 4.98 Å². The summed E-state index contributed by atoms with van der Waals surface area (Å²) in [4.78, 5) is 16.8. The van der Waals surface area contributed by atoms with Gasteiger partial charge in [0.15, 0.2) is 0 Å². The van der Waals surface area contributed by atoms with E-state index in [9.17, 15) is 4.79 Å². The number of amides is 1. The number of hydrogen-bond acceptors (Lipinski definition) is 8. The molecule has 2 saturated heterocycles. The van der Waals surface area contributed by atoms with Gasteiger partial charge in [0.25, 0.3) is 0 Å². The first-order valence-corrected chi connectivity index (χ1v) is 11.8. The lowest BCUT2D eigenvalue weighted by atomic mass is 9.88. The molecular weight excluding hydrogens is 438 g/mol. The highest BCUT2D eigenvalue weighted by Crippen LogP contribution is 2.36. The van der Waals surface area contributed by atoms with Gasteiger partial charge in [0.2, 0.25) is 5.91 Å². The van der Waals surface area contributed by atoms with Crippen LogP contribution >= 0.6 is 0 Å². The van der Waals surface area contributed by atoms with Gasteiger partial charge < -0.3 is 24.1 Å². The molecule has 4 heterocycles. The first-order valence-electron chi connectivity index (χ1n) is 11.8. The lowest BCUT2D eigenvalue weighted by molar-refractivity contribution is -0.127. The Morgan fingerprint density at radius 2 is 1.88 bits per heavy atom. The largest absolute Gasteiger partial charge is 0.423 e. The summed E-state index contributed by atoms with van der Waals surface area (Å²) in [6.07, 6.45) is 10.2. The maximum atomic E-state index is 12.7. The Bertz CT molecular complexity index is 1110. The van der Waals surface area contributed by atoms with Gasteiger partial charge in [-0.05, 0) is 47.5 Å². The quantitative estimate of drug-likeness (QED) is 0.588. The minimum Gasteiger partial charge on any atom is -0.423 e. The van der Waals surface area contributed by atoms with Crippen LogP contribution < -0.4 is 10.1 Å². The number of fused-ring (bicyclic) bond motifs is 1. The predicted molar refractivity (Wildman–Crippen MR) is 118 cm³/mol. The lowest BCUT2D eigenvalue weighted by Gasteiger charge is -2.24. The van der Waals surface area contributed by atoms with Crippen molar-refractivity contribution >= 4 is 5.91 Å². The van der Waals surface area contributed by atoms with Crippen molar-refractivity contribution in [1.82, 2.24) is 35.1 Å². The number of carbonyl (C=O) groups is 1. The van der Waals surface area contributed by atoms with Crippen molar-refractivity contribution in [3.63, 3.8) is 0 Å². The molecule has 2 aliphatic heterocycles. The highest BCUT2D eigenvalue weighted by atomic mass is 16.6. The summed E-state index contributed by atoms with van der Waals surface area (Å²) in [5, 5.41) is 15.2. The van der Waals surface area contributed by atoms with Crippen molar-refractivity contribution in [2.75, 3.05) is 13.2 Å². The van der Waals surface area contributed by atoms with Gasteiger partial charge in [-0.2, -0.15) is 4.68 Å². The van der Waals surface area contributed by atoms with Crippen LogP contribution in [0.2, 0.25) is 0 Å². The molecule has 178 valence electrons. The number of aromatic nitrogens is 6. The second kappa shape index (κ2) is 9.15. The molecule has 1 N–H and O–H groups in total. The van der Waals surface area contributed by atoms with E-state index in [4.69, 9.17) is 14.2 Å². The Morgan fingerprint density at radius 3 is 2.68 bits per heavy atom. The van der Waals surface area contributed by atoms with Gasteiger partial charge in [-0.1, -0.05) is 24.4 Å². The van der Waals surface area contributed by atoms with Gasteiger partial charge in [0, 0.05) is 24.0 Å². The topological polar surface area (TPSA) is 118 Å². The minimum absolute atomic E-state index is 0.102. The maximum Gasteiger partial charge on any atom is 0.341 e. The van der Waals surface area contributed by atoms with Crippen LogP contribution in [0.1, 0.15) is 38.1 Å². The predicted octanol–water partition coefficient (Wildman–Crippen LogP) is 2.05. The second-order valence-electron chi connectivity index (χ2n) is 9.09. The SMILES string of the molecule is O=C(NC1COC2C1OCC2n1nnnc1Oc1ccc(-n2ccnc2)cc1)C1CCCCC1. The number of ether oxygens (including phenoxy) is 3. The monoisotopic (exact) mass is 465 g/mol. The Labute approximate surface area is 196 Å². The van der Waals surface area contributed by atoms with Crippen molar-refractivity contribution in [2.45, 2.75) is 56.4 Å². The number of imidazole rings is 1. The highest BCUT2D eigenvalue weighted by molar-refractivity contribution is 5.79. The second-order valence-corrected chi connectivity index (χ2v) is 9.09. The van der Waals surface area contributed by atoms with E-state index in [1.165, 1.54) is 6.42 Å². The molecule has 3 fully saturated rings. The van der Waals surface area contributed by atoms with Crippen molar-refractivity contribution in [2.24, 2.45) is 5.92 Å². The van der Waals surface area contributed by atoms with Crippen molar-refractivity contribution in [3.8, 4) is 17.4 Å². The molecular formula is C23H27N7O4. The van der Waals surface area contributed by atoms with E-state index in [0.29, 0.717) is 19.0 Å². The zero-order valence-corrected chi connectivity index (χ0v) is 18.7. The molecule has 6 rings (SSSR count). The normalized spacial score (nSPS) is 26.9. The first-order chi connectivity index (χ1) is 16.8. The molecule has 34 heavy (non-hydrogen) atoms. The number of nitrogens with zero attached hydrogens (tertiary/aromatic N) is 6. The van der Waals surface area contributed by atoms with Crippen molar-refractivity contribution < 1.29 is 19.0 Å². The Morgan fingerprint density at radius 1 is 1.06 bits per heavy atom. The third kappa shape index (κ3) is 4.05. The fraction of sp³-hybridized carbons (Fsp3) is 0.522. The Kier molecular flexibility index (Phi) is 5.71. The van der Waals surface area contributed by atoms with E-state index in [-0.39, 0.29) is 42.1 Å². The average Bonchev–Trinajstić information content (AvgIpc) is 3.67. The molecule has 2 aromatic heterocycles. The molecule has 4 atom stereocenters. The van der Waals surface area contributed by atoms with Gasteiger partial charge in [-0.3, -0.25) is 4.79 Å². The minimum atomic E-state index is -0.258. The number of rotatable bonds is 6. The third-order valence-electron chi connectivity index (χ3n) is 6.96. The lowest BCUT2D eigenvalue weighted by Crippen LogP contribution is -2.46. The summed E-state index contributed by atoms with van der Waals surface area (Å²) in [5.74, 6) is 0.830. The zero-order valence-electron chi connectivity index (χ0n) is 18.7. The molecule has 1 saturated carbocycles. The number of benzene rings is 1. The van der Waals surface area contributed by atoms with Crippen molar-refractivity contribution in [1.29, 1.82) is 0 Å². The van der Waals surface area contributed by atoms with Crippen molar-refractivity contribution in [3.05, 3.63) is 43.0 Å². The van der Waals surface area contributed by atoms with E-state index in [1.807, 2.05) is 35.0 Å². The summed E-state index contributed by atoms with van der Waals surface area (Å²) >= 11 is 0. The van der Waals surface area contributed by atoms with Gasteiger partial charge in [0.05, 0.1) is 25.6 Å². The molecule has 1 aliphatic carbocycles. The van der Waals surface area contributed by atoms with Crippen LogP contribution in [0.3, 0.4) is 0 Å². The fourth-order valence-corrected chi connectivity index (χ4v) is 5.14. The number of nitrogens with one attached hydrogen (secondary N) is 1. The van der Waals surface area contributed by atoms with E-state index < -0.39 is 0 Å². The molecule has 11 heteroatoms. The van der Waals surface area contributed by atoms with Gasteiger partial charge in [0.1, 0.15) is 24.0 Å². The van der Waals surface area contributed by atoms with E-state index in [0.717, 1.165) is 31.4 Å². The number of hydrogen-bond donors (Lipinski definition) is 1. The van der Waals surface area contributed by atoms with Crippen LogP contribution in [0.25, 0.3) is 5.69 Å². The van der Waals surface area contributed by atoms with Crippen LogP contribution in [0.4, 0.5) is 0 Å². The van der Waals surface area contributed by atoms with E-state index in [2.05, 4.69) is 25.8 Å². The molecule has 1 aromatic carbocycles. The molecule has 0 spiro atoms. The number of tetrazole rings is 1. The fourth-order valence-electron chi connectivity index (χ4n) is 5.14.